The average molecular weight is 380 g/mol. The van der Waals surface area contributed by atoms with Gasteiger partial charge in [0.2, 0.25) is 0 Å². The van der Waals surface area contributed by atoms with Crippen LogP contribution in [0.3, 0.4) is 0 Å². The van der Waals surface area contributed by atoms with Crippen molar-refractivity contribution in [2.75, 3.05) is 0 Å². The standard InChI is InChI=1S/C25H49NO/c1-19(2)11-8-12-21(5)13-9-14-22(6)15-10-16-23(7)17-18-24(27)25(26)20(3)4/h17-23,25H,8-16,26H2,1-7H3/b18-17+/t21?,22?,23?,25-/m0/s1. The van der Waals surface area contributed by atoms with Crippen molar-refractivity contribution in [2.24, 2.45) is 35.3 Å². The number of allylic oxidation sites excluding steroid dienone is 1. The van der Waals surface area contributed by atoms with Gasteiger partial charge in [0, 0.05) is 0 Å². The van der Waals surface area contributed by atoms with Crippen molar-refractivity contribution in [3.8, 4) is 0 Å². The van der Waals surface area contributed by atoms with E-state index in [1.165, 1.54) is 51.4 Å². The van der Waals surface area contributed by atoms with Gasteiger partial charge in [0.25, 0.3) is 0 Å². The molecule has 2 N–H and O–H groups in total. The molecule has 0 saturated heterocycles. The van der Waals surface area contributed by atoms with Crippen molar-refractivity contribution >= 4 is 5.78 Å². The van der Waals surface area contributed by atoms with E-state index in [0.29, 0.717) is 5.92 Å². The van der Waals surface area contributed by atoms with Crippen molar-refractivity contribution in [3.63, 3.8) is 0 Å². The summed E-state index contributed by atoms with van der Waals surface area (Å²) in [6.45, 7) is 15.7. The molecule has 27 heavy (non-hydrogen) atoms. The Morgan fingerprint density at radius 3 is 1.63 bits per heavy atom. The zero-order chi connectivity index (χ0) is 20.8. The Morgan fingerprint density at radius 1 is 0.741 bits per heavy atom. The van der Waals surface area contributed by atoms with Crippen LogP contribution in [0.15, 0.2) is 12.2 Å². The number of hydrogen-bond donors (Lipinski definition) is 1. The minimum Gasteiger partial charge on any atom is -0.321 e. The van der Waals surface area contributed by atoms with Crippen molar-refractivity contribution in [1.29, 1.82) is 0 Å². The summed E-state index contributed by atoms with van der Waals surface area (Å²) in [7, 11) is 0. The summed E-state index contributed by atoms with van der Waals surface area (Å²) in [5.41, 5.74) is 5.89. The highest BCUT2D eigenvalue weighted by molar-refractivity contribution is 5.94. The van der Waals surface area contributed by atoms with Gasteiger partial charge < -0.3 is 5.73 Å². The van der Waals surface area contributed by atoms with Gasteiger partial charge in [0.15, 0.2) is 5.78 Å². The zero-order valence-electron chi connectivity index (χ0n) is 19.5. The predicted octanol–water partition coefficient (Wildman–Crippen LogP) is 7.17. The van der Waals surface area contributed by atoms with Crippen LogP contribution in [0, 0.1) is 29.6 Å². The molecule has 0 aliphatic carbocycles. The van der Waals surface area contributed by atoms with Gasteiger partial charge in [0.1, 0.15) is 0 Å². The number of carbonyl (C=O) groups excluding carboxylic acids is 1. The van der Waals surface area contributed by atoms with E-state index in [1.807, 2.05) is 19.9 Å². The SMILES string of the molecule is CC(C)CCCC(C)CCCC(C)CCCC(C)/C=C/C(=O)[C@@H](N)C(C)C. The summed E-state index contributed by atoms with van der Waals surface area (Å²) in [4.78, 5) is 11.9. The summed E-state index contributed by atoms with van der Waals surface area (Å²) < 4.78 is 0. The minimum absolute atomic E-state index is 0.0627. The lowest BCUT2D eigenvalue weighted by Gasteiger charge is -2.15. The molecule has 0 saturated carbocycles. The lowest BCUT2D eigenvalue weighted by atomic mass is 9.91. The third-order valence-electron chi connectivity index (χ3n) is 5.86. The predicted molar refractivity (Wildman–Crippen MR) is 121 cm³/mol. The molecule has 0 spiro atoms. The lowest BCUT2D eigenvalue weighted by Crippen LogP contribution is -2.34. The number of nitrogens with two attached hydrogens (primary N) is 1. The van der Waals surface area contributed by atoms with Crippen LogP contribution in [0.5, 0.6) is 0 Å². The van der Waals surface area contributed by atoms with Crippen LogP contribution in [-0.2, 0) is 4.79 Å². The normalized spacial score (nSPS) is 16.8. The van der Waals surface area contributed by atoms with Crippen LogP contribution < -0.4 is 5.73 Å². The molecule has 0 aliphatic heterocycles. The molecule has 0 amide bonds. The second kappa shape index (κ2) is 15.3. The Hall–Kier alpha value is -0.630. The van der Waals surface area contributed by atoms with E-state index in [2.05, 4.69) is 34.6 Å². The van der Waals surface area contributed by atoms with Crippen molar-refractivity contribution < 1.29 is 4.79 Å². The second-order valence-electron chi connectivity index (χ2n) is 9.91. The first-order valence-corrected chi connectivity index (χ1v) is 11.6. The zero-order valence-corrected chi connectivity index (χ0v) is 19.5. The summed E-state index contributed by atoms with van der Waals surface area (Å²) in [6.07, 6.45) is 15.8. The molecule has 0 fully saturated rings. The molecule has 2 heteroatoms. The Balaban J connectivity index is 3.81. The second-order valence-corrected chi connectivity index (χ2v) is 9.91. The molecular weight excluding hydrogens is 330 g/mol. The van der Waals surface area contributed by atoms with Crippen LogP contribution >= 0.6 is 0 Å². The first-order valence-electron chi connectivity index (χ1n) is 11.6. The summed E-state index contributed by atoms with van der Waals surface area (Å²) in [6, 6.07) is -0.360. The smallest absolute Gasteiger partial charge is 0.172 e. The third-order valence-corrected chi connectivity index (χ3v) is 5.86. The highest BCUT2D eigenvalue weighted by atomic mass is 16.1. The van der Waals surface area contributed by atoms with E-state index in [0.717, 1.165) is 24.2 Å². The Bertz CT molecular complexity index is 399. The van der Waals surface area contributed by atoms with Crippen LogP contribution in [0.1, 0.15) is 106 Å². The van der Waals surface area contributed by atoms with Crippen molar-refractivity contribution in [1.82, 2.24) is 0 Å². The van der Waals surface area contributed by atoms with E-state index in [4.69, 9.17) is 5.73 Å². The highest BCUT2D eigenvalue weighted by Crippen LogP contribution is 2.22. The van der Waals surface area contributed by atoms with E-state index in [-0.39, 0.29) is 17.7 Å². The van der Waals surface area contributed by atoms with Crippen molar-refractivity contribution in [2.45, 2.75) is 112 Å². The molecule has 3 unspecified atom stereocenters. The van der Waals surface area contributed by atoms with E-state index < -0.39 is 0 Å². The molecule has 0 aromatic heterocycles. The molecule has 4 atom stereocenters. The van der Waals surface area contributed by atoms with Gasteiger partial charge in [-0.15, -0.1) is 0 Å². The van der Waals surface area contributed by atoms with E-state index >= 15 is 0 Å². The van der Waals surface area contributed by atoms with Crippen LogP contribution in [0.4, 0.5) is 0 Å². The molecule has 0 aromatic carbocycles. The quantitative estimate of drug-likeness (QED) is 0.289. The summed E-state index contributed by atoms with van der Waals surface area (Å²) in [5, 5.41) is 0. The van der Waals surface area contributed by atoms with Gasteiger partial charge in [0.05, 0.1) is 6.04 Å². The molecule has 0 aliphatic rings. The Morgan fingerprint density at radius 2 is 1.19 bits per heavy atom. The van der Waals surface area contributed by atoms with Crippen molar-refractivity contribution in [3.05, 3.63) is 12.2 Å². The van der Waals surface area contributed by atoms with Gasteiger partial charge in [-0.2, -0.15) is 0 Å². The number of ketones is 1. The van der Waals surface area contributed by atoms with Gasteiger partial charge in [-0.25, -0.2) is 0 Å². The molecular formula is C25H49NO. The van der Waals surface area contributed by atoms with Gasteiger partial charge in [-0.05, 0) is 42.1 Å². The first kappa shape index (κ1) is 26.4. The molecule has 160 valence electrons. The van der Waals surface area contributed by atoms with Crippen LogP contribution in [-0.4, -0.2) is 11.8 Å². The van der Waals surface area contributed by atoms with Gasteiger partial charge in [-0.3, -0.25) is 4.79 Å². The number of rotatable bonds is 16. The van der Waals surface area contributed by atoms with Gasteiger partial charge >= 0.3 is 0 Å². The monoisotopic (exact) mass is 379 g/mol. The molecule has 0 heterocycles. The minimum atomic E-state index is -0.360. The maximum Gasteiger partial charge on any atom is 0.172 e. The average Bonchev–Trinajstić information content (AvgIpc) is 2.58. The van der Waals surface area contributed by atoms with Crippen LogP contribution in [0.25, 0.3) is 0 Å². The summed E-state index contributed by atoms with van der Waals surface area (Å²) in [5.74, 6) is 3.28. The fourth-order valence-electron chi connectivity index (χ4n) is 3.56. The number of hydrogen-bond acceptors (Lipinski definition) is 2. The van der Waals surface area contributed by atoms with Gasteiger partial charge in [-0.1, -0.05) is 106 Å². The molecule has 0 rings (SSSR count). The van der Waals surface area contributed by atoms with E-state index in [1.54, 1.807) is 6.08 Å². The maximum atomic E-state index is 11.9. The third kappa shape index (κ3) is 15.0. The largest absolute Gasteiger partial charge is 0.321 e. The summed E-state index contributed by atoms with van der Waals surface area (Å²) >= 11 is 0. The molecule has 0 aromatic rings. The fourth-order valence-corrected chi connectivity index (χ4v) is 3.56. The Kier molecular flexibility index (Phi) is 15.0. The first-order chi connectivity index (χ1) is 12.6. The lowest BCUT2D eigenvalue weighted by molar-refractivity contribution is -0.116. The van der Waals surface area contributed by atoms with Crippen LogP contribution in [0.2, 0.25) is 0 Å². The Labute approximate surface area is 170 Å². The van der Waals surface area contributed by atoms with E-state index in [9.17, 15) is 4.79 Å². The highest BCUT2D eigenvalue weighted by Gasteiger charge is 2.14. The number of carbonyl (C=O) groups is 1. The maximum absolute atomic E-state index is 11.9. The molecule has 0 radical (unpaired) electrons. The fraction of sp³-hybridized carbons (Fsp3) is 0.880. The molecule has 0 bridgehead atoms. The topological polar surface area (TPSA) is 43.1 Å². The molecule has 2 nitrogen and oxygen atoms in total.